The normalized spacial score (nSPS) is 10.7. The van der Waals surface area contributed by atoms with Crippen molar-refractivity contribution >= 4 is 11.6 Å². The van der Waals surface area contributed by atoms with E-state index in [2.05, 4.69) is 5.10 Å². The standard InChI is InChI=1S/C14H16ClFN2O/c1-3-18-13(4-10(2)17-18)9-19-14-6-11(8-15)5-12(16)7-14/h4-7H,3,8-9H2,1-2H3. The highest BCUT2D eigenvalue weighted by atomic mass is 35.5. The van der Waals surface area contributed by atoms with Crippen molar-refractivity contribution in [1.82, 2.24) is 9.78 Å². The predicted octanol–water partition coefficient (Wildman–Crippen LogP) is 3.67. The molecule has 0 aliphatic carbocycles. The van der Waals surface area contributed by atoms with Gasteiger partial charge in [0.2, 0.25) is 0 Å². The number of halogens is 2. The van der Waals surface area contributed by atoms with E-state index >= 15 is 0 Å². The maximum atomic E-state index is 13.3. The molecule has 2 rings (SSSR count). The highest BCUT2D eigenvalue weighted by Gasteiger charge is 2.06. The lowest BCUT2D eigenvalue weighted by atomic mass is 10.2. The highest BCUT2D eigenvalue weighted by Crippen LogP contribution is 2.19. The fourth-order valence-corrected chi connectivity index (χ4v) is 2.08. The Morgan fingerprint density at radius 1 is 1.32 bits per heavy atom. The maximum Gasteiger partial charge on any atom is 0.130 e. The Kier molecular flexibility index (Phi) is 4.43. The van der Waals surface area contributed by atoms with Crippen molar-refractivity contribution in [3.8, 4) is 5.75 Å². The number of aryl methyl sites for hydroxylation is 2. The average Bonchev–Trinajstić information content (AvgIpc) is 2.76. The molecule has 0 N–H and O–H groups in total. The second kappa shape index (κ2) is 6.06. The molecule has 1 heterocycles. The number of rotatable bonds is 5. The second-order valence-corrected chi connectivity index (χ2v) is 4.58. The minimum Gasteiger partial charge on any atom is -0.487 e. The van der Waals surface area contributed by atoms with E-state index < -0.39 is 0 Å². The molecule has 0 fully saturated rings. The Morgan fingerprint density at radius 3 is 2.79 bits per heavy atom. The lowest BCUT2D eigenvalue weighted by molar-refractivity contribution is 0.291. The van der Waals surface area contributed by atoms with Gasteiger partial charge in [0.25, 0.3) is 0 Å². The maximum absolute atomic E-state index is 13.3. The van der Waals surface area contributed by atoms with Crippen molar-refractivity contribution in [3.63, 3.8) is 0 Å². The molecule has 0 radical (unpaired) electrons. The third kappa shape index (κ3) is 3.47. The number of ether oxygens (including phenoxy) is 1. The molecule has 2 aromatic rings. The number of nitrogens with zero attached hydrogens (tertiary/aromatic N) is 2. The smallest absolute Gasteiger partial charge is 0.130 e. The molecule has 3 nitrogen and oxygen atoms in total. The van der Waals surface area contributed by atoms with Crippen LogP contribution in [0, 0.1) is 12.7 Å². The highest BCUT2D eigenvalue weighted by molar-refractivity contribution is 6.17. The first-order valence-electron chi connectivity index (χ1n) is 6.14. The summed E-state index contributed by atoms with van der Waals surface area (Å²) in [6, 6.07) is 6.47. The summed E-state index contributed by atoms with van der Waals surface area (Å²) in [5.41, 5.74) is 2.62. The van der Waals surface area contributed by atoms with Crippen LogP contribution in [-0.4, -0.2) is 9.78 Å². The van der Waals surface area contributed by atoms with E-state index in [9.17, 15) is 4.39 Å². The zero-order valence-corrected chi connectivity index (χ0v) is 11.7. The quantitative estimate of drug-likeness (QED) is 0.783. The zero-order valence-electron chi connectivity index (χ0n) is 11.0. The Hall–Kier alpha value is -1.55. The van der Waals surface area contributed by atoms with Gasteiger partial charge in [-0.1, -0.05) is 0 Å². The summed E-state index contributed by atoms with van der Waals surface area (Å²) >= 11 is 5.70. The molecule has 0 aliphatic rings. The average molecular weight is 283 g/mol. The molecule has 5 heteroatoms. The van der Waals surface area contributed by atoms with E-state index in [4.69, 9.17) is 16.3 Å². The molecule has 0 saturated carbocycles. The van der Waals surface area contributed by atoms with Gasteiger partial charge in [-0.2, -0.15) is 5.10 Å². The molecule has 0 atom stereocenters. The number of benzene rings is 1. The summed E-state index contributed by atoms with van der Waals surface area (Å²) in [5.74, 6) is 0.408. The monoisotopic (exact) mass is 282 g/mol. The van der Waals surface area contributed by atoms with Crippen LogP contribution in [0.3, 0.4) is 0 Å². The van der Waals surface area contributed by atoms with E-state index in [-0.39, 0.29) is 11.7 Å². The van der Waals surface area contributed by atoms with Crippen LogP contribution in [0.2, 0.25) is 0 Å². The van der Waals surface area contributed by atoms with Crippen molar-refractivity contribution in [2.75, 3.05) is 0 Å². The van der Waals surface area contributed by atoms with Gasteiger partial charge >= 0.3 is 0 Å². The molecule has 0 spiro atoms. The number of alkyl halides is 1. The van der Waals surface area contributed by atoms with Gasteiger partial charge in [-0.3, -0.25) is 4.68 Å². The fourth-order valence-electron chi connectivity index (χ4n) is 1.93. The van der Waals surface area contributed by atoms with Crippen LogP contribution in [0.25, 0.3) is 0 Å². The Labute approximate surface area is 117 Å². The van der Waals surface area contributed by atoms with Gasteiger partial charge in [0.1, 0.15) is 18.2 Å². The number of hydrogen-bond acceptors (Lipinski definition) is 2. The van der Waals surface area contributed by atoms with Crippen molar-refractivity contribution in [2.24, 2.45) is 0 Å². The second-order valence-electron chi connectivity index (χ2n) is 4.31. The molecule has 102 valence electrons. The first-order valence-corrected chi connectivity index (χ1v) is 6.67. The lowest BCUT2D eigenvalue weighted by Crippen LogP contribution is -2.06. The van der Waals surface area contributed by atoms with E-state index in [1.165, 1.54) is 12.1 Å². The zero-order chi connectivity index (χ0) is 13.8. The SMILES string of the molecule is CCn1nc(C)cc1COc1cc(F)cc(CCl)c1. The molecule has 0 bridgehead atoms. The minimum atomic E-state index is -0.340. The molecule has 0 saturated heterocycles. The van der Waals surface area contributed by atoms with Crippen molar-refractivity contribution < 1.29 is 9.13 Å². The molecular weight excluding hydrogens is 267 g/mol. The van der Waals surface area contributed by atoms with E-state index in [1.54, 1.807) is 6.07 Å². The molecule has 1 aromatic heterocycles. The van der Waals surface area contributed by atoms with Crippen LogP contribution in [0.15, 0.2) is 24.3 Å². The van der Waals surface area contributed by atoms with Gasteiger partial charge in [-0.15, -0.1) is 11.6 Å². The Bertz CT molecular complexity index is 569. The van der Waals surface area contributed by atoms with Gasteiger partial charge in [-0.25, -0.2) is 4.39 Å². The van der Waals surface area contributed by atoms with Crippen molar-refractivity contribution in [1.29, 1.82) is 0 Å². The van der Waals surface area contributed by atoms with Crippen LogP contribution < -0.4 is 4.74 Å². The van der Waals surface area contributed by atoms with Gasteiger partial charge in [-0.05, 0) is 37.6 Å². The van der Waals surface area contributed by atoms with Gasteiger partial charge in [0.15, 0.2) is 0 Å². The Morgan fingerprint density at radius 2 is 2.11 bits per heavy atom. The van der Waals surface area contributed by atoms with Crippen LogP contribution in [-0.2, 0) is 19.0 Å². The van der Waals surface area contributed by atoms with Crippen LogP contribution >= 0.6 is 11.6 Å². The minimum absolute atomic E-state index is 0.264. The summed E-state index contributed by atoms with van der Waals surface area (Å²) in [6.07, 6.45) is 0. The third-order valence-corrected chi connectivity index (χ3v) is 3.07. The largest absolute Gasteiger partial charge is 0.487 e. The van der Waals surface area contributed by atoms with Crippen LogP contribution in [0.1, 0.15) is 23.9 Å². The van der Waals surface area contributed by atoms with Gasteiger partial charge in [0.05, 0.1) is 11.4 Å². The summed E-state index contributed by atoms with van der Waals surface area (Å²) < 4.78 is 20.8. The first-order chi connectivity index (χ1) is 9.12. The van der Waals surface area contributed by atoms with Crippen LogP contribution in [0.4, 0.5) is 4.39 Å². The molecule has 1 aromatic carbocycles. The van der Waals surface area contributed by atoms with Gasteiger partial charge in [0, 0.05) is 18.5 Å². The van der Waals surface area contributed by atoms with Crippen LogP contribution in [0.5, 0.6) is 5.75 Å². The van der Waals surface area contributed by atoms with E-state index in [0.717, 1.165) is 17.9 Å². The fraction of sp³-hybridized carbons (Fsp3) is 0.357. The first kappa shape index (κ1) is 13.9. The summed E-state index contributed by atoms with van der Waals surface area (Å²) in [6.45, 7) is 5.09. The summed E-state index contributed by atoms with van der Waals surface area (Å²) in [5, 5.41) is 4.33. The van der Waals surface area contributed by atoms with E-state index in [0.29, 0.717) is 17.9 Å². The number of hydrogen-bond donors (Lipinski definition) is 0. The molecule has 0 aliphatic heterocycles. The predicted molar refractivity (Wildman–Crippen MR) is 72.9 cm³/mol. The molecule has 0 amide bonds. The topological polar surface area (TPSA) is 27.1 Å². The summed E-state index contributed by atoms with van der Waals surface area (Å²) in [4.78, 5) is 0. The van der Waals surface area contributed by atoms with Gasteiger partial charge < -0.3 is 4.74 Å². The van der Waals surface area contributed by atoms with Crippen molar-refractivity contribution in [3.05, 3.63) is 47.0 Å². The molecule has 19 heavy (non-hydrogen) atoms. The number of aromatic nitrogens is 2. The molecule has 0 unspecified atom stereocenters. The summed E-state index contributed by atoms with van der Waals surface area (Å²) in [7, 11) is 0. The Balaban J connectivity index is 2.11. The molecular formula is C14H16ClFN2O. The van der Waals surface area contributed by atoms with E-state index in [1.807, 2.05) is 24.6 Å². The third-order valence-electron chi connectivity index (χ3n) is 2.76. The van der Waals surface area contributed by atoms with Crippen molar-refractivity contribution in [2.45, 2.75) is 32.9 Å². The lowest BCUT2D eigenvalue weighted by Gasteiger charge is -2.09.